The average molecular weight is 262 g/mol. The van der Waals surface area contributed by atoms with Crippen LogP contribution in [0.1, 0.15) is 15.9 Å². The van der Waals surface area contributed by atoms with Gasteiger partial charge in [0.1, 0.15) is 0 Å². The van der Waals surface area contributed by atoms with E-state index < -0.39 is 0 Å². The molecule has 5 heteroatoms. The number of halogens is 2. The molecular weight excluding hydrogens is 255 g/mol. The van der Waals surface area contributed by atoms with Gasteiger partial charge in [-0.2, -0.15) is 0 Å². The zero-order valence-corrected chi connectivity index (χ0v) is 8.87. The molecule has 0 atom stereocenters. The fourth-order valence-corrected chi connectivity index (χ4v) is 2.32. The van der Waals surface area contributed by atoms with Gasteiger partial charge in [0, 0.05) is 6.54 Å². The lowest BCUT2D eigenvalue weighted by Gasteiger charge is -2.05. The van der Waals surface area contributed by atoms with Crippen LogP contribution in [0.25, 0.3) is 0 Å². The fourth-order valence-electron chi connectivity index (χ4n) is 1.33. The number of amides is 1. The first kappa shape index (κ1) is 8.84. The SMILES string of the molecule is Nc1c(Cl)cc2c(c1Br)C(=O)NC2. The van der Waals surface area contributed by atoms with Crippen molar-refractivity contribution in [2.45, 2.75) is 6.54 Å². The molecule has 13 heavy (non-hydrogen) atoms. The summed E-state index contributed by atoms with van der Waals surface area (Å²) in [6.07, 6.45) is 0. The zero-order chi connectivity index (χ0) is 9.59. The van der Waals surface area contributed by atoms with Crippen LogP contribution in [0, 0.1) is 0 Å². The Hall–Kier alpha value is -0.740. The summed E-state index contributed by atoms with van der Waals surface area (Å²) >= 11 is 9.10. The maximum absolute atomic E-state index is 11.3. The molecule has 0 unspecified atom stereocenters. The number of hydrogen-bond donors (Lipinski definition) is 2. The number of nitrogens with two attached hydrogens (primary N) is 1. The summed E-state index contributed by atoms with van der Waals surface area (Å²) in [6.45, 7) is 0.521. The highest BCUT2D eigenvalue weighted by atomic mass is 79.9. The Morgan fingerprint density at radius 2 is 2.31 bits per heavy atom. The Labute approximate surface area is 88.4 Å². The van der Waals surface area contributed by atoms with Gasteiger partial charge in [-0.1, -0.05) is 11.6 Å². The van der Waals surface area contributed by atoms with Crippen LogP contribution in [0.5, 0.6) is 0 Å². The predicted octanol–water partition coefficient (Wildman–Crippen LogP) is 1.93. The van der Waals surface area contributed by atoms with Gasteiger partial charge in [-0.15, -0.1) is 0 Å². The molecule has 0 aliphatic carbocycles. The van der Waals surface area contributed by atoms with Gasteiger partial charge in [0.25, 0.3) is 5.91 Å². The van der Waals surface area contributed by atoms with Crippen LogP contribution in [-0.4, -0.2) is 5.91 Å². The van der Waals surface area contributed by atoms with E-state index in [1.165, 1.54) is 0 Å². The van der Waals surface area contributed by atoms with Gasteiger partial charge in [-0.05, 0) is 27.6 Å². The molecule has 0 radical (unpaired) electrons. The monoisotopic (exact) mass is 260 g/mol. The highest BCUT2D eigenvalue weighted by molar-refractivity contribution is 9.10. The molecule has 0 saturated heterocycles. The number of benzene rings is 1. The van der Waals surface area contributed by atoms with E-state index in [0.717, 1.165) is 5.56 Å². The number of anilines is 1. The molecule has 1 amide bonds. The largest absolute Gasteiger partial charge is 0.397 e. The molecule has 1 aromatic carbocycles. The summed E-state index contributed by atoms with van der Waals surface area (Å²) in [7, 11) is 0. The normalized spacial score (nSPS) is 14.2. The minimum Gasteiger partial charge on any atom is -0.397 e. The topological polar surface area (TPSA) is 55.1 Å². The lowest BCUT2D eigenvalue weighted by atomic mass is 10.1. The van der Waals surface area contributed by atoms with Gasteiger partial charge >= 0.3 is 0 Å². The molecule has 0 bridgehead atoms. The first-order chi connectivity index (χ1) is 6.11. The number of carbonyl (C=O) groups excluding carboxylic acids is 1. The molecule has 0 saturated carbocycles. The lowest BCUT2D eigenvalue weighted by molar-refractivity contribution is 0.0965. The molecule has 0 fully saturated rings. The van der Waals surface area contributed by atoms with E-state index in [0.29, 0.717) is 27.3 Å². The van der Waals surface area contributed by atoms with Gasteiger partial charge in [0.2, 0.25) is 0 Å². The molecule has 1 aliphatic rings. The zero-order valence-electron chi connectivity index (χ0n) is 6.53. The van der Waals surface area contributed by atoms with Gasteiger partial charge in [-0.3, -0.25) is 4.79 Å². The second-order valence-corrected chi connectivity index (χ2v) is 4.00. The fraction of sp³-hybridized carbons (Fsp3) is 0.125. The van der Waals surface area contributed by atoms with Crippen LogP contribution in [0.3, 0.4) is 0 Å². The van der Waals surface area contributed by atoms with Crippen molar-refractivity contribution in [2.75, 3.05) is 5.73 Å². The van der Waals surface area contributed by atoms with Crippen LogP contribution < -0.4 is 11.1 Å². The van der Waals surface area contributed by atoms with Crippen molar-refractivity contribution in [3.05, 3.63) is 26.7 Å². The molecule has 1 aromatic rings. The summed E-state index contributed by atoms with van der Waals surface area (Å²) in [5.41, 5.74) is 7.56. The number of fused-ring (bicyclic) bond motifs is 1. The summed E-state index contributed by atoms with van der Waals surface area (Å²) in [5.74, 6) is -0.106. The number of rotatable bonds is 0. The highest BCUT2D eigenvalue weighted by Gasteiger charge is 2.24. The van der Waals surface area contributed by atoms with Crippen molar-refractivity contribution >= 4 is 39.1 Å². The molecule has 68 valence electrons. The van der Waals surface area contributed by atoms with E-state index in [4.69, 9.17) is 17.3 Å². The molecule has 3 nitrogen and oxygen atoms in total. The van der Waals surface area contributed by atoms with Gasteiger partial charge < -0.3 is 11.1 Å². The third-order valence-electron chi connectivity index (χ3n) is 2.00. The standard InChI is InChI=1S/C8H6BrClN2O/c9-6-5-3(2-12-8(5)13)1-4(10)7(6)11/h1H,2,11H2,(H,12,13). The van der Waals surface area contributed by atoms with E-state index >= 15 is 0 Å². The van der Waals surface area contributed by atoms with Crippen LogP contribution in [0.2, 0.25) is 5.02 Å². The lowest BCUT2D eigenvalue weighted by Crippen LogP contribution is -2.13. The Morgan fingerprint density at radius 1 is 1.62 bits per heavy atom. The van der Waals surface area contributed by atoms with E-state index in [2.05, 4.69) is 21.2 Å². The Morgan fingerprint density at radius 3 is 3.00 bits per heavy atom. The van der Waals surface area contributed by atoms with Crippen molar-refractivity contribution < 1.29 is 4.79 Å². The quantitative estimate of drug-likeness (QED) is 0.701. The van der Waals surface area contributed by atoms with Crippen molar-refractivity contribution in [2.24, 2.45) is 0 Å². The van der Waals surface area contributed by atoms with E-state index in [-0.39, 0.29) is 5.91 Å². The Balaban J connectivity index is 2.75. The van der Waals surface area contributed by atoms with Crippen LogP contribution >= 0.6 is 27.5 Å². The summed E-state index contributed by atoms with van der Waals surface area (Å²) in [6, 6.07) is 1.72. The second-order valence-electron chi connectivity index (χ2n) is 2.80. The maximum atomic E-state index is 11.3. The van der Waals surface area contributed by atoms with Crippen LogP contribution in [-0.2, 0) is 6.54 Å². The third-order valence-corrected chi connectivity index (χ3v) is 3.14. The first-order valence-corrected chi connectivity index (χ1v) is 4.83. The van der Waals surface area contributed by atoms with Crippen molar-refractivity contribution in [1.82, 2.24) is 5.32 Å². The van der Waals surface area contributed by atoms with Crippen LogP contribution in [0.15, 0.2) is 10.5 Å². The van der Waals surface area contributed by atoms with Gasteiger partial charge in [0.15, 0.2) is 0 Å². The van der Waals surface area contributed by atoms with Crippen molar-refractivity contribution in [3.8, 4) is 0 Å². The smallest absolute Gasteiger partial charge is 0.253 e. The van der Waals surface area contributed by atoms with Crippen molar-refractivity contribution in [1.29, 1.82) is 0 Å². The molecule has 0 aromatic heterocycles. The second kappa shape index (κ2) is 2.89. The summed E-state index contributed by atoms with van der Waals surface area (Å²) in [4.78, 5) is 11.3. The van der Waals surface area contributed by atoms with E-state index in [9.17, 15) is 4.79 Å². The van der Waals surface area contributed by atoms with Gasteiger partial charge in [0.05, 0.1) is 20.7 Å². The molecule has 3 N–H and O–H groups in total. The number of carbonyl (C=O) groups is 1. The third kappa shape index (κ3) is 1.21. The minimum absolute atomic E-state index is 0.106. The highest BCUT2D eigenvalue weighted by Crippen LogP contribution is 2.35. The number of nitrogen functional groups attached to an aromatic ring is 1. The molecule has 1 aliphatic heterocycles. The van der Waals surface area contributed by atoms with E-state index in [1.807, 2.05) is 0 Å². The molecule has 1 heterocycles. The van der Waals surface area contributed by atoms with Crippen LogP contribution in [0.4, 0.5) is 5.69 Å². The maximum Gasteiger partial charge on any atom is 0.253 e. The molecule has 2 rings (SSSR count). The number of nitrogens with one attached hydrogen (secondary N) is 1. The molecule has 0 spiro atoms. The minimum atomic E-state index is -0.106. The summed E-state index contributed by atoms with van der Waals surface area (Å²) < 4.78 is 0.588. The Kier molecular flexibility index (Phi) is 1.96. The first-order valence-electron chi connectivity index (χ1n) is 3.66. The predicted molar refractivity (Wildman–Crippen MR) is 54.7 cm³/mol. The van der Waals surface area contributed by atoms with Gasteiger partial charge in [-0.25, -0.2) is 0 Å². The van der Waals surface area contributed by atoms with Crippen molar-refractivity contribution in [3.63, 3.8) is 0 Å². The Bertz CT molecular complexity index is 406. The number of hydrogen-bond acceptors (Lipinski definition) is 2. The molecular formula is C8H6BrClN2O. The average Bonchev–Trinajstić information content (AvgIpc) is 2.43. The summed E-state index contributed by atoms with van der Waals surface area (Å²) in [5, 5.41) is 3.17. The van der Waals surface area contributed by atoms with E-state index in [1.54, 1.807) is 6.07 Å².